The minimum atomic E-state index is -0.547. The molecule has 1 aliphatic heterocycles. The summed E-state index contributed by atoms with van der Waals surface area (Å²) >= 11 is 0. The van der Waals surface area contributed by atoms with Crippen molar-refractivity contribution in [2.45, 2.75) is 58.1 Å². The third-order valence-corrected chi connectivity index (χ3v) is 4.77. The maximum absolute atomic E-state index is 10.3. The number of likely N-dealkylation sites (tertiary alicyclic amines) is 1. The number of piperidine rings is 1. The van der Waals surface area contributed by atoms with E-state index in [9.17, 15) is 5.11 Å². The van der Waals surface area contributed by atoms with Gasteiger partial charge >= 0.3 is 0 Å². The lowest BCUT2D eigenvalue weighted by atomic mass is 9.91. The molecule has 1 aliphatic carbocycles. The third-order valence-electron chi connectivity index (χ3n) is 4.77. The van der Waals surface area contributed by atoms with Crippen LogP contribution in [0.25, 0.3) is 0 Å². The highest BCUT2D eigenvalue weighted by Gasteiger charge is 2.30. The molecule has 2 aliphatic rings. The summed E-state index contributed by atoms with van der Waals surface area (Å²) < 4.78 is 0. The Morgan fingerprint density at radius 2 is 1.83 bits per heavy atom. The van der Waals surface area contributed by atoms with Gasteiger partial charge in [-0.3, -0.25) is 0 Å². The minimum Gasteiger partial charge on any atom is -0.389 e. The van der Waals surface area contributed by atoms with Crippen molar-refractivity contribution < 1.29 is 5.11 Å². The molecule has 0 aromatic carbocycles. The molecule has 2 fully saturated rings. The van der Waals surface area contributed by atoms with Gasteiger partial charge in [0, 0.05) is 12.6 Å². The number of aliphatic hydroxyl groups is 1. The topological polar surface area (TPSA) is 35.5 Å². The zero-order valence-corrected chi connectivity index (χ0v) is 12.3. The Bertz CT molecular complexity index is 253. The molecular formula is C15H30N2O. The Kier molecular flexibility index (Phi) is 4.68. The van der Waals surface area contributed by atoms with E-state index in [2.05, 4.69) is 24.1 Å². The molecule has 0 radical (unpaired) electrons. The molecule has 2 rings (SSSR count). The number of rotatable bonds is 6. The molecule has 1 atom stereocenters. The van der Waals surface area contributed by atoms with E-state index in [1.54, 1.807) is 0 Å². The van der Waals surface area contributed by atoms with Crippen LogP contribution >= 0.6 is 0 Å². The summed E-state index contributed by atoms with van der Waals surface area (Å²) in [5.41, 5.74) is -0.547. The Labute approximate surface area is 112 Å². The van der Waals surface area contributed by atoms with Crippen LogP contribution in [-0.2, 0) is 0 Å². The van der Waals surface area contributed by atoms with Crippen LogP contribution in [-0.4, -0.2) is 47.8 Å². The quantitative estimate of drug-likeness (QED) is 0.759. The molecule has 18 heavy (non-hydrogen) atoms. The Balaban J connectivity index is 1.66. The highest BCUT2D eigenvalue weighted by molar-refractivity contribution is 4.86. The fraction of sp³-hybridized carbons (Fsp3) is 1.00. The van der Waals surface area contributed by atoms with Crippen LogP contribution in [0.4, 0.5) is 0 Å². The summed E-state index contributed by atoms with van der Waals surface area (Å²) in [5, 5.41) is 14.0. The van der Waals surface area contributed by atoms with Gasteiger partial charge in [0.2, 0.25) is 0 Å². The SMILES string of the molecule is CC(C)C(C)(O)CN1CCC(NCC2CC2)CC1. The standard InChI is InChI=1S/C15H30N2O/c1-12(2)15(3,18)11-17-8-6-14(7-9-17)16-10-13-4-5-13/h12-14,16,18H,4-11H2,1-3H3. The van der Waals surface area contributed by atoms with Gasteiger partial charge in [-0.25, -0.2) is 0 Å². The number of β-amino-alcohol motifs (C(OH)–C–C–N with tert-alkyl or cyclic N) is 1. The van der Waals surface area contributed by atoms with E-state index in [1.807, 2.05) is 6.92 Å². The number of nitrogens with one attached hydrogen (secondary N) is 1. The average Bonchev–Trinajstić information content (AvgIpc) is 3.11. The van der Waals surface area contributed by atoms with Crippen LogP contribution in [0.15, 0.2) is 0 Å². The van der Waals surface area contributed by atoms with Crippen molar-refractivity contribution in [3.63, 3.8) is 0 Å². The third kappa shape index (κ3) is 4.22. The summed E-state index contributed by atoms with van der Waals surface area (Å²) in [6.45, 7) is 10.5. The molecule has 3 heteroatoms. The lowest BCUT2D eigenvalue weighted by molar-refractivity contribution is -0.0243. The van der Waals surface area contributed by atoms with Gasteiger partial charge in [-0.15, -0.1) is 0 Å². The normalized spacial score (nSPS) is 26.5. The van der Waals surface area contributed by atoms with Gasteiger partial charge in [0.05, 0.1) is 5.60 Å². The van der Waals surface area contributed by atoms with Crippen LogP contribution in [0.1, 0.15) is 46.5 Å². The molecule has 106 valence electrons. The minimum absolute atomic E-state index is 0.322. The summed E-state index contributed by atoms with van der Waals surface area (Å²) in [6, 6.07) is 0.714. The lowest BCUT2D eigenvalue weighted by Crippen LogP contribution is -2.50. The van der Waals surface area contributed by atoms with E-state index in [0.29, 0.717) is 12.0 Å². The van der Waals surface area contributed by atoms with Gasteiger partial charge in [-0.2, -0.15) is 0 Å². The first-order valence-electron chi connectivity index (χ1n) is 7.65. The largest absolute Gasteiger partial charge is 0.389 e. The molecule has 0 aromatic rings. The summed E-state index contributed by atoms with van der Waals surface area (Å²) in [5.74, 6) is 1.30. The van der Waals surface area contributed by atoms with Crippen LogP contribution in [0.5, 0.6) is 0 Å². The van der Waals surface area contributed by atoms with Crippen molar-refractivity contribution in [3.8, 4) is 0 Å². The first-order chi connectivity index (χ1) is 8.47. The second kappa shape index (κ2) is 5.89. The smallest absolute Gasteiger partial charge is 0.0768 e. The van der Waals surface area contributed by atoms with Gasteiger partial charge < -0.3 is 15.3 Å². The number of nitrogens with zero attached hydrogens (tertiary/aromatic N) is 1. The van der Waals surface area contributed by atoms with Crippen LogP contribution in [0.2, 0.25) is 0 Å². The highest BCUT2D eigenvalue weighted by atomic mass is 16.3. The Morgan fingerprint density at radius 3 is 2.33 bits per heavy atom. The van der Waals surface area contributed by atoms with Crippen molar-refractivity contribution >= 4 is 0 Å². The summed E-state index contributed by atoms with van der Waals surface area (Å²) in [6.07, 6.45) is 5.34. The van der Waals surface area contributed by atoms with E-state index in [0.717, 1.165) is 25.6 Å². The predicted molar refractivity (Wildman–Crippen MR) is 75.7 cm³/mol. The second-order valence-electron chi connectivity index (χ2n) is 6.91. The van der Waals surface area contributed by atoms with Crippen molar-refractivity contribution in [2.75, 3.05) is 26.2 Å². The maximum atomic E-state index is 10.3. The molecule has 1 heterocycles. The molecular weight excluding hydrogens is 224 g/mol. The molecule has 3 nitrogen and oxygen atoms in total. The lowest BCUT2D eigenvalue weighted by Gasteiger charge is -2.38. The molecule has 0 spiro atoms. The maximum Gasteiger partial charge on any atom is 0.0768 e. The highest BCUT2D eigenvalue weighted by Crippen LogP contribution is 2.28. The van der Waals surface area contributed by atoms with Crippen molar-refractivity contribution in [1.82, 2.24) is 10.2 Å². The van der Waals surface area contributed by atoms with Gasteiger partial charge in [0.25, 0.3) is 0 Å². The second-order valence-corrected chi connectivity index (χ2v) is 6.91. The first kappa shape index (κ1) is 14.3. The molecule has 0 bridgehead atoms. The molecule has 1 saturated heterocycles. The zero-order valence-electron chi connectivity index (χ0n) is 12.3. The summed E-state index contributed by atoms with van der Waals surface area (Å²) in [4.78, 5) is 2.43. The van der Waals surface area contributed by atoms with Gasteiger partial charge in [0.15, 0.2) is 0 Å². The number of hydrogen-bond acceptors (Lipinski definition) is 3. The molecule has 1 unspecified atom stereocenters. The molecule has 2 N–H and O–H groups in total. The molecule has 0 aromatic heterocycles. The number of hydrogen-bond donors (Lipinski definition) is 2. The van der Waals surface area contributed by atoms with Crippen LogP contribution in [0.3, 0.4) is 0 Å². The van der Waals surface area contributed by atoms with Gasteiger partial charge in [-0.05, 0) is 64.1 Å². The fourth-order valence-corrected chi connectivity index (χ4v) is 2.59. The van der Waals surface area contributed by atoms with E-state index in [-0.39, 0.29) is 0 Å². The van der Waals surface area contributed by atoms with Crippen LogP contribution in [0, 0.1) is 11.8 Å². The molecule has 0 amide bonds. The van der Waals surface area contributed by atoms with Gasteiger partial charge in [-0.1, -0.05) is 13.8 Å². The predicted octanol–water partition coefficient (Wildman–Crippen LogP) is 1.86. The molecule has 1 saturated carbocycles. The van der Waals surface area contributed by atoms with E-state index in [4.69, 9.17) is 0 Å². The summed E-state index contributed by atoms with van der Waals surface area (Å²) in [7, 11) is 0. The monoisotopic (exact) mass is 254 g/mol. The average molecular weight is 254 g/mol. The van der Waals surface area contributed by atoms with Gasteiger partial charge in [0.1, 0.15) is 0 Å². The zero-order chi connectivity index (χ0) is 13.2. The first-order valence-corrected chi connectivity index (χ1v) is 7.65. The van der Waals surface area contributed by atoms with Crippen LogP contribution < -0.4 is 5.32 Å². The Morgan fingerprint density at radius 1 is 1.22 bits per heavy atom. The van der Waals surface area contributed by atoms with Crippen molar-refractivity contribution in [3.05, 3.63) is 0 Å². The Hall–Kier alpha value is -0.120. The van der Waals surface area contributed by atoms with Crippen molar-refractivity contribution in [2.24, 2.45) is 11.8 Å². The van der Waals surface area contributed by atoms with E-state index >= 15 is 0 Å². The van der Waals surface area contributed by atoms with E-state index < -0.39 is 5.60 Å². The van der Waals surface area contributed by atoms with Crippen molar-refractivity contribution in [1.29, 1.82) is 0 Å². The fourth-order valence-electron chi connectivity index (χ4n) is 2.59. The van der Waals surface area contributed by atoms with E-state index in [1.165, 1.54) is 32.2 Å².